The van der Waals surface area contributed by atoms with Crippen LogP contribution in [0.25, 0.3) is 0 Å². The van der Waals surface area contributed by atoms with Crippen LogP contribution in [0.1, 0.15) is 49.8 Å². The maximum atomic E-state index is 12.0. The molecule has 2 atom stereocenters. The predicted molar refractivity (Wildman–Crippen MR) is 80.5 cm³/mol. The summed E-state index contributed by atoms with van der Waals surface area (Å²) in [6.07, 6.45) is 2.50. The van der Waals surface area contributed by atoms with Crippen molar-refractivity contribution in [2.45, 2.75) is 52.6 Å². The van der Waals surface area contributed by atoms with Gasteiger partial charge in [0.15, 0.2) is 0 Å². The molecule has 1 aromatic carbocycles. The van der Waals surface area contributed by atoms with Gasteiger partial charge in [-0.2, -0.15) is 0 Å². The summed E-state index contributed by atoms with van der Waals surface area (Å²) < 4.78 is 4.88. The number of aliphatic hydroxyl groups is 1. The van der Waals surface area contributed by atoms with Gasteiger partial charge in [-0.1, -0.05) is 43.5 Å². The van der Waals surface area contributed by atoms with Crippen molar-refractivity contribution in [1.82, 2.24) is 0 Å². The summed E-state index contributed by atoms with van der Waals surface area (Å²) in [6, 6.07) is 5.90. The number of hydrogen-bond acceptors (Lipinski definition) is 3. The van der Waals surface area contributed by atoms with Gasteiger partial charge in [0.05, 0.1) is 13.0 Å². The first-order chi connectivity index (χ1) is 9.34. The molecule has 1 aromatic rings. The minimum absolute atomic E-state index is 0.344. The van der Waals surface area contributed by atoms with Crippen molar-refractivity contribution in [2.24, 2.45) is 5.92 Å². The Hall–Kier alpha value is -1.35. The monoisotopic (exact) mass is 278 g/mol. The number of hydrogen-bond donors (Lipinski definition) is 1. The van der Waals surface area contributed by atoms with E-state index in [2.05, 4.69) is 6.92 Å². The molecular formula is C17H26O3. The molecule has 1 rings (SSSR count). The SMILES string of the molecule is CCCCC(C(=O)OC)C(C)(O)c1ccc(C)cc1C. The second-order valence-electron chi connectivity index (χ2n) is 5.68. The zero-order chi connectivity index (χ0) is 15.3. The van der Waals surface area contributed by atoms with Gasteiger partial charge >= 0.3 is 5.97 Å². The Balaban J connectivity index is 3.16. The van der Waals surface area contributed by atoms with Gasteiger partial charge in [-0.25, -0.2) is 0 Å². The predicted octanol–water partition coefficient (Wildman–Crippen LogP) is 3.49. The molecule has 3 heteroatoms. The highest BCUT2D eigenvalue weighted by Crippen LogP contribution is 2.35. The highest BCUT2D eigenvalue weighted by molar-refractivity contribution is 5.74. The minimum Gasteiger partial charge on any atom is -0.469 e. The van der Waals surface area contributed by atoms with Crippen LogP contribution >= 0.6 is 0 Å². The smallest absolute Gasteiger partial charge is 0.311 e. The Labute approximate surface area is 122 Å². The third kappa shape index (κ3) is 3.60. The molecule has 0 radical (unpaired) electrons. The molecule has 0 aliphatic rings. The standard InChI is InChI=1S/C17H26O3/c1-6-7-8-15(16(18)20-5)17(4,19)14-10-9-12(2)11-13(14)3/h9-11,15,19H,6-8H2,1-5H3. The second-order valence-corrected chi connectivity index (χ2v) is 5.68. The van der Waals surface area contributed by atoms with Gasteiger partial charge in [-0.05, 0) is 38.3 Å². The number of rotatable bonds is 6. The molecule has 1 N–H and O–H groups in total. The Kier molecular flexibility index (Phi) is 5.75. The zero-order valence-corrected chi connectivity index (χ0v) is 13.2. The normalized spacial score (nSPS) is 15.5. The van der Waals surface area contributed by atoms with Crippen LogP contribution in [0.15, 0.2) is 18.2 Å². The van der Waals surface area contributed by atoms with Gasteiger partial charge in [0.2, 0.25) is 0 Å². The molecule has 0 heterocycles. The summed E-state index contributed by atoms with van der Waals surface area (Å²) in [6.45, 7) is 7.76. The lowest BCUT2D eigenvalue weighted by Gasteiger charge is -2.33. The average molecular weight is 278 g/mol. The quantitative estimate of drug-likeness (QED) is 0.810. The Morgan fingerprint density at radius 2 is 2.05 bits per heavy atom. The van der Waals surface area contributed by atoms with Crippen LogP contribution in [-0.2, 0) is 15.1 Å². The van der Waals surface area contributed by atoms with Crippen LogP contribution in [0, 0.1) is 19.8 Å². The molecule has 20 heavy (non-hydrogen) atoms. The number of unbranched alkanes of at least 4 members (excludes halogenated alkanes) is 1. The fourth-order valence-corrected chi connectivity index (χ4v) is 2.75. The van der Waals surface area contributed by atoms with Crippen LogP contribution < -0.4 is 0 Å². The second kappa shape index (κ2) is 6.89. The van der Waals surface area contributed by atoms with Crippen LogP contribution in [0.3, 0.4) is 0 Å². The lowest BCUT2D eigenvalue weighted by atomic mass is 9.78. The Morgan fingerprint density at radius 3 is 2.55 bits per heavy atom. The minimum atomic E-state index is -1.21. The third-order valence-electron chi connectivity index (χ3n) is 3.94. The Bertz CT molecular complexity index is 463. The summed E-state index contributed by atoms with van der Waals surface area (Å²) >= 11 is 0. The summed E-state index contributed by atoms with van der Waals surface area (Å²) in [4.78, 5) is 12.0. The summed E-state index contributed by atoms with van der Waals surface area (Å²) in [5.74, 6) is -0.878. The first-order valence-corrected chi connectivity index (χ1v) is 7.22. The summed E-state index contributed by atoms with van der Waals surface area (Å²) in [7, 11) is 1.37. The first-order valence-electron chi connectivity index (χ1n) is 7.22. The molecular weight excluding hydrogens is 252 g/mol. The van der Waals surface area contributed by atoms with E-state index in [-0.39, 0.29) is 5.97 Å². The molecule has 0 saturated heterocycles. The molecule has 0 bridgehead atoms. The topological polar surface area (TPSA) is 46.5 Å². The van der Waals surface area contributed by atoms with Gasteiger partial charge in [0.25, 0.3) is 0 Å². The van der Waals surface area contributed by atoms with E-state index in [1.165, 1.54) is 7.11 Å². The van der Waals surface area contributed by atoms with Crippen molar-refractivity contribution in [3.8, 4) is 0 Å². The van der Waals surface area contributed by atoms with Gasteiger partial charge in [0, 0.05) is 0 Å². The number of carbonyl (C=O) groups is 1. The molecule has 3 nitrogen and oxygen atoms in total. The number of ether oxygens (including phenoxy) is 1. The van der Waals surface area contributed by atoms with Gasteiger partial charge in [0.1, 0.15) is 5.60 Å². The van der Waals surface area contributed by atoms with E-state index in [0.29, 0.717) is 6.42 Å². The van der Waals surface area contributed by atoms with Crippen molar-refractivity contribution in [1.29, 1.82) is 0 Å². The van der Waals surface area contributed by atoms with E-state index in [4.69, 9.17) is 4.74 Å². The highest BCUT2D eigenvalue weighted by atomic mass is 16.5. The number of methoxy groups -OCH3 is 1. The van der Waals surface area contributed by atoms with Crippen molar-refractivity contribution < 1.29 is 14.6 Å². The number of aryl methyl sites for hydroxylation is 2. The molecule has 112 valence electrons. The molecule has 0 aliphatic carbocycles. The van der Waals surface area contributed by atoms with Crippen LogP contribution in [0.5, 0.6) is 0 Å². The van der Waals surface area contributed by atoms with Crippen LogP contribution in [-0.4, -0.2) is 18.2 Å². The molecule has 0 aromatic heterocycles. The van der Waals surface area contributed by atoms with Gasteiger partial charge in [-0.3, -0.25) is 4.79 Å². The van der Waals surface area contributed by atoms with E-state index < -0.39 is 11.5 Å². The number of esters is 1. The lowest BCUT2D eigenvalue weighted by Crippen LogP contribution is -2.38. The van der Waals surface area contributed by atoms with E-state index in [9.17, 15) is 9.90 Å². The van der Waals surface area contributed by atoms with E-state index in [0.717, 1.165) is 29.5 Å². The van der Waals surface area contributed by atoms with E-state index >= 15 is 0 Å². The molecule has 0 spiro atoms. The largest absolute Gasteiger partial charge is 0.469 e. The highest BCUT2D eigenvalue weighted by Gasteiger charge is 2.39. The van der Waals surface area contributed by atoms with E-state index in [1.54, 1.807) is 6.92 Å². The molecule has 0 amide bonds. The lowest BCUT2D eigenvalue weighted by molar-refractivity contribution is -0.156. The Morgan fingerprint density at radius 1 is 1.40 bits per heavy atom. The fraction of sp³-hybridized carbons (Fsp3) is 0.588. The van der Waals surface area contributed by atoms with Gasteiger partial charge < -0.3 is 9.84 Å². The molecule has 0 fully saturated rings. The van der Waals surface area contributed by atoms with Crippen molar-refractivity contribution in [2.75, 3.05) is 7.11 Å². The third-order valence-corrected chi connectivity index (χ3v) is 3.94. The molecule has 0 saturated carbocycles. The fourth-order valence-electron chi connectivity index (χ4n) is 2.75. The molecule has 0 aliphatic heterocycles. The van der Waals surface area contributed by atoms with Crippen molar-refractivity contribution >= 4 is 5.97 Å². The number of benzene rings is 1. The van der Waals surface area contributed by atoms with Crippen LogP contribution in [0.4, 0.5) is 0 Å². The van der Waals surface area contributed by atoms with Crippen LogP contribution in [0.2, 0.25) is 0 Å². The zero-order valence-electron chi connectivity index (χ0n) is 13.2. The average Bonchev–Trinajstić information content (AvgIpc) is 2.38. The van der Waals surface area contributed by atoms with Crippen molar-refractivity contribution in [3.63, 3.8) is 0 Å². The maximum absolute atomic E-state index is 12.0. The van der Waals surface area contributed by atoms with Crippen molar-refractivity contribution in [3.05, 3.63) is 34.9 Å². The molecule has 2 unspecified atom stereocenters. The maximum Gasteiger partial charge on any atom is 0.311 e. The van der Waals surface area contributed by atoms with Gasteiger partial charge in [-0.15, -0.1) is 0 Å². The summed E-state index contributed by atoms with van der Waals surface area (Å²) in [5, 5.41) is 10.9. The first kappa shape index (κ1) is 16.7. The summed E-state index contributed by atoms with van der Waals surface area (Å²) in [5.41, 5.74) is 1.74. The number of carbonyl (C=O) groups excluding carboxylic acids is 1. The van der Waals surface area contributed by atoms with E-state index in [1.807, 2.05) is 32.0 Å².